The summed E-state index contributed by atoms with van der Waals surface area (Å²) in [4.78, 5) is 29.8. The van der Waals surface area contributed by atoms with E-state index in [1.54, 1.807) is 4.90 Å². The SMILES string of the molecule is O=C(NCc1ccccc1CN1CCCC1)C1CC(=O)N(c2ccc3c(c2)CCC3)C1. The molecule has 5 heteroatoms. The first-order chi connectivity index (χ1) is 15.2. The van der Waals surface area contributed by atoms with Gasteiger partial charge in [-0.1, -0.05) is 30.3 Å². The van der Waals surface area contributed by atoms with Gasteiger partial charge in [-0.25, -0.2) is 0 Å². The number of benzene rings is 2. The second-order valence-electron chi connectivity index (χ2n) is 9.18. The Kier molecular flexibility index (Phi) is 5.77. The van der Waals surface area contributed by atoms with Crippen molar-refractivity contribution >= 4 is 17.5 Å². The lowest BCUT2D eigenvalue weighted by molar-refractivity contribution is -0.126. The van der Waals surface area contributed by atoms with E-state index in [1.165, 1.54) is 41.5 Å². The molecule has 2 heterocycles. The molecule has 1 unspecified atom stereocenters. The molecule has 2 aliphatic heterocycles. The van der Waals surface area contributed by atoms with Crippen molar-refractivity contribution in [3.63, 3.8) is 0 Å². The van der Waals surface area contributed by atoms with E-state index in [1.807, 2.05) is 12.1 Å². The van der Waals surface area contributed by atoms with Gasteiger partial charge in [-0.3, -0.25) is 14.5 Å². The van der Waals surface area contributed by atoms with Gasteiger partial charge < -0.3 is 10.2 Å². The van der Waals surface area contributed by atoms with Gasteiger partial charge in [-0.15, -0.1) is 0 Å². The molecular weight excluding hydrogens is 386 g/mol. The molecule has 1 atom stereocenters. The summed E-state index contributed by atoms with van der Waals surface area (Å²) in [7, 11) is 0. The fourth-order valence-corrected chi connectivity index (χ4v) is 5.25. The minimum atomic E-state index is -0.286. The summed E-state index contributed by atoms with van der Waals surface area (Å²) in [6.45, 7) is 4.25. The molecule has 162 valence electrons. The third kappa shape index (κ3) is 4.38. The third-order valence-corrected chi connectivity index (χ3v) is 7.05. The van der Waals surface area contributed by atoms with E-state index in [9.17, 15) is 9.59 Å². The molecule has 2 saturated heterocycles. The van der Waals surface area contributed by atoms with Crippen molar-refractivity contribution < 1.29 is 9.59 Å². The van der Waals surface area contributed by atoms with Crippen LogP contribution < -0.4 is 10.2 Å². The summed E-state index contributed by atoms with van der Waals surface area (Å²) in [5.74, 6) is -0.257. The first-order valence-corrected chi connectivity index (χ1v) is 11.7. The Morgan fingerprint density at radius 1 is 0.968 bits per heavy atom. The minimum absolute atomic E-state index is 0.0204. The Labute approximate surface area is 184 Å². The number of likely N-dealkylation sites (tertiary alicyclic amines) is 1. The predicted octanol–water partition coefficient (Wildman–Crippen LogP) is 3.44. The fourth-order valence-electron chi connectivity index (χ4n) is 5.25. The Balaban J connectivity index is 1.20. The number of carbonyl (C=O) groups excluding carboxylic acids is 2. The molecule has 2 aromatic carbocycles. The van der Waals surface area contributed by atoms with E-state index >= 15 is 0 Å². The highest BCUT2D eigenvalue weighted by Gasteiger charge is 2.35. The highest BCUT2D eigenvalue weighted by Crippen LogP contribution is 2.30. The Hall–Kier alpha value is -2.66. The number of amides is 2. The van der Waals surface area contributed by atoms with E-state index in [0.717, 1.165) is 38.2 Å². The van der Waals surface area contributed by atoms with E-state index in [0.29, 0.717) is 19.5 Å². The van der Waals surface area contributed by atoms with Crippen molar-refractivity contribution in [1.29, 1.82) is 0 Å². The average Bonchev–Trinajstić information content (AvgIpc) is 3.53. The smallest absolute Gasteiger partial charge is 0.227 e. The molecule has 31 heavy (non-hydrogen) atoms. The number of rotatable bonds is 6. The van der Waals surface area contributed by atoms with Crippen LogP contribution in [0.1, 0.15) is 47.9 Å². The molecule has 3 aliphatic rings. The Morgan fingerprint density at radius 2 is 1.74 bits per heavy atom. The number of fused-ring (bicyclic) bond motifs is 1. The zero-order valence-corrected chi connectivity index (χ0v) is 18.1. The van der Waals surface area contributed by atoms with Gasteiger partial charge in [0.25, 0.3) is 0 Å². The fraction of sp³-hybridized carbons (Fsp3) is 0.462. The number of carbonyl (C=O) groups is 2. The summed E-state index contributed by atoms with van der Waals surface area (Å²) >= 11 is 0. The molecule has 2 aromatic rings. The molecule has 5 nitrogen and oxygen atoms in total. The van der Waals surface area contributed by atoms with E-state index in [4.69, 9.17) is 0 Å². The standard InChI is InChI=1S/C26H31N3O2/c30-25-15-23(18-29(25)24-11-10-19-8-5-9-20(19)14-24)26(31)27-16-21-6-1-2-7-22(21)17-28-12-3-4-13-28/h1-2,6-7,10-11,14,23H,3-5,8-9,12-13,15-18H2,(H,27,31). The van der Waals surface area contributed by atoms with Crippen LogP contribution in [0.3, 0.4) is 0 Å². The monoisotopic (exact) mass is 417 g/mol. The van der Waals surface area contributed by atoms with Crippen LogP contribution in [-0.4, -0.2) is 36.3 Å². The van der Waals surface area contributed by atoms with E-state index < -0.39 is 0 Å². The van der Waals surface area contributed by atoms with Gasteiger partial charge in [0.15, 0.2) is 0 Å². The summed E-state index contributed by atoms with van der Waals surface area (Å²) in [5.41, 5.74) is 6.15. The molecule has 1 N–H and O–H groups in total. The number of nitrogens with one attached hydrogen (secondary N) is 1. The maximum Gasteiger partial charge on any atom is 0.227 e. The predicted molar refractivity (Wildman–Crippen MR) is 122 cm³/mol. The molecule has 0 radical (unpaired) electrons. The van der Waals surface area contributed by atoms with Crippen LogP contribution >= 0.6 is 0 Å². The van der Waals surface area contributed by atoms with Crippen molar-refractivity contribution in [2.45, 2.75) is 51.6 Å². The first kappa shape index (κ1) is 20.3. The molecule has 2 amide bonds. The van der Waals surface area contributed by atoms with Gasteiger partial charge in [0.2, 0.25) is 11.8 Å². The number of anilines is 1. The molecule has 0 saturated carbocycles. The second-order valence-corrected chi connectivity index (χ2v) is 9.18. The quantitative estimate of drug-likeness (QED) is 0.783. The van der Waals surface area contributed by atoms with Gasteiger partial charge in [0, 0.05) is 31.7 Å². The molecule has 0 bridgehead atoms. The topological polar surface area (TPSA) is 52.7 Å². The lowest BCUT2D eigenvalue weighted by Gasteiger charge is -2.19. The number of nitrogens with zero attached hydrogens (tertiary/aromatic N) is 2. The van der Waals surface area contributed by atoms with Gasteiger partial charge in [-0.05, 0) is 79.6 Å². The number of aryl methyl sites for hydroxylation is 2. The second kappa shape index (κ2) is 8.83. The summed E-state index contributed by atoms with van der Waals surface area (Å²) in [6.07, 6.45) is 6.25. The van der Waals surface area contributed by atoms with Crippen LogP contribution in [-0.2, 0) is 35.5 Å². The highest BCUT2D eigenvalue weighted by atomic mass is 16.2. The lowest BCUT2D eigenvalue weighted by atomic mass is 10.1. The number of hydrogen-bond donors (Lipinski definition) is 1. The molecule has 0 spiro atoms. The van der Waals surface area contributed by atoms with Crippen LogP contribution in [0.4, 0.5) is 5.69 Å². The highest BCUT2D eigenvalue weighted by molar-refractivity contribution is 6.00. The van der Waals surface area contributed by atoms with E-state index in [-0.39, 0.29) is 17.7 Å². The Bertz CT molecular complexity index is 980. The molecule has 2 fully saturated rings. The minimum Gasteiger partial charge on any atom is -0.352 e. The van der Waals surface area contributed by atoms with Crippen molar-refractivity contribution in [2.75, 3.05) is 24.5 Å². The molecule has 0 aromatic heterocycles. The van der Waals surface area contributed by atoms with Crippen molar-refractivity contribution in [3.8, 4) is 0 Å². The van der Waals surface area contributed by atoms with E-state index in [2.05, 4.69) is 40.5 Å². The van der Waals surface area contributed by atoms with Gasteiger partial charge in [0.05, 0.1) is 5.92 Å². The van der Waals surface area contributed by atoms with Crippen molar-refractivity contribution in [2.24, 2.45) is 5.92 Å². The lowest BCUT2D eigenvalue weighted by Crippen LogP contribution is -2.33. The van der Waals surface area contributed by atoms with Crippen LogP contribution in [0.15, 0.2) is 42.5 Å². The summed E-state index contributed by atoms with van der Waals surface area (Å²) in [5, 5.41) is 3.10. The number of hydrogen-bond acceptors (Lipinski definition) is 3. The van der Waals surface area contributed by atoms with Crippen molar-refractivity contribution in [1.82, 2.24) is 10.2 Å². The van der Waals surface area contributed by atoms with Crippen LogP contribution in [0, 0.1) is 5.92 Å². The third-order valence-electron chi connectivity index (χ3n) is 7.05. The molecule has 5 rings (SSSR count). The van der Waals surface area contributed by atoms with Crippen molar-refractivity contribution in [3.05, 3.63) is 64.7 Å². The normalized spacial score (nSPS) is 21.0. The first-order valence-electron chi connectivity index (χ1n) is 11.7. The summed E-state index contributed by atoms with van der Waals surface area (Å²) < 4.78 is 0. The maximum atomic E-state index is 12.9. The molecule has 1 aliphatic carbocycles. The zero-order chi connectivity index (χ0) is 21.2. The van der Waals surface area contributed by atoms with Gasteiger partial charge in [0.1, 0.15) is 0 Å². The summed E-state index contributed by atoms with van der Waals surface area (Å²) in [6, 6.07) is 14.7. The zero-order valence-electron chi connectivity index (χ0n) is 18.1. The molecular formula is C26H31N3O2. The van der Waals surface area contributed by atoms with Gasteiger partial charge >= 0.3 is 0 Å². The maximum absolute atomic E-state index is 12.9. The van der Waals surface area contributed by atoms with Gasteiger partial charge in [-0.2, -0.15) is 0 Å². The van der Waals surface area contributed by atoms with Crippen LogP contribution in [0.5, 0.6) is 0 Å². The largest absolute Gasteiger partial charge is 0.352 e. The van der Waals surface area contributed by atoms with Crippen LogP contribution in [0.2, 0.25) is 0 Å². The Morgan fingerprint density at radius 3 is 2.58 bits per heavy atom. The average molecular weight is 418 g/mol. The van der Waals surface area contributed by atoms with Crippen LogP contribution in [0.25, 0.3) is 0 Å².